The smallest absolute Gasteiger partial charge is 0.243 e. The highest BCUT2D eigenvalue weighted by Crippen LogP contribution is 2.33. The number of carbonyl (C=O) groups excluding carboxylic acids is 1. The first-order chi connectivity index (χ1) is 20.4. The molecule has 2 N–H and O–H groups in total. The van der Waals surface area contributed by atoms with Crippen molar-refractivity contribution < 1.29 is 13.9 Å². The van der Waals surface area contributed by atoms with Gasteiger partial charge < -0.3 is 20.3 Å². The number of aryl methyl sites for hydroxylation is 1. The van der Waals surface area contributed by atoms with Gasteiger partial charge in [-0.05, 0) is 56.5 Å². The second-order valence-corrected chi connectivity index (χ2v) is 10.1. The summed E-state index contributed by atoms with van der Waals surface area (Å²) in [6.07, 6.45) is 6.78. The lowest BCUT2D eigenvalue weighted by atomic mass is 10.1. The third kappa shape index (κ3) is 5.40. The number of nitrogens with zero attached hydrogens (tertiary/aromatic N) is 8. The van der Waals surface area contributed by atoms with Crippen molar-refractivity contribution in [3.8, 4) is 11.5 Å². The summed E-state index contributed by atoms with van der Waals surface area (Å²) >= 11 is 0. The predicted octanol–water partition coefficient (Wildman–Crippen LogP) is 4.35. The summed E-state index contributed by atoms with van der Waals surface area (Å²) in [6.45, 7) is 6.58. The van der Waals surface area contributed by atoms with Gasteiger partial charge in [0.2, 0.25) is 11.9 Å². The Morgan fingerprint density at radius 2 is 2.02 bits per heavy atom. The predicted molar refractivity (Wildman–Crippen MR) is 156 cm³/mol. The number of nitrogens with one attached hydrogen (secondary N) is 2. The standard InChI is InChI=1S/C29H29FN10O2/c1-4-25(41)34-18-6-5-12-40(13-11-18)29-31-15-22-27(36-29)28(33-16-32-22)35-20-8-10-24(17(2)26(20)30)42-19-7-9-23-21(14-19)37-38-39(23)3/h4,7-10,14-16,18H,1,5-6,11-13H2,2-3H3,(H,34,41)(H,32,33,35). The molecule has 0 radical (unpaired) electrons. The van der Waals surface area contributed by atoms with Crippen molar-refractivity contribution in [1.82, 2.24) is 40.2 Å². The molecule has 6 rings (SSSR count). The number of hydrogen-bond donors (Lipinski definition) is 2. The average Bonchev–Trinajstić information content (AvgIpc) is 3.21. The monoisotopic (exact) mass is 568 g/mol. The minimum atomic E-state index is -0.478. The molecule has 0 aliphatic carbocycles. The molecule has 4 heterocycles. The minimum absolute atomic E-state index is 0.0644. The molecule has 214 valence electrons. The van der Waals surface area contributed by atoms with Crippen LogP contribution in [0.25, 0.3) is 22.1 Å². The van der Waals surface area contributed by atoms with Crippen LogP contribution in [0.2, 0.25) is 0 Å². The molecule has 1 unspecified atom stereocenters. The van der Waals surface area contributed by atoms with Crippen LogP contribution in [0, 0.1) is 12.7 Å². The van der Waals surface area contributed by atoms with Gasteiger partial charge in [0.15, 0.2) is 11.6 Å². The van der Waals surface area contributed by atoms with Crippen LogP contribution in [-0.4, -0.2) is 60.0 Å². The number of rotatable bonds is 7. The lowest BCUT2D eigenvalue weighted by Crippen LogP contribution is -2.34. The SMILES string of the molecule is C=CC(=O)NC1CCCN(c2ncc3ncnc(Nc4ccc(Oc5ccc6c(c5)nnn6C)c(C)c4F)c3n2)CC1. The summed E-state index contributed by atoms with van der Waals surface area (Å²) in [5.41, 5.74) is 3.10. The minimum Gasteiger partial charge on any atom is -0.457 e. The zero-order valence-electron chi connectivity index (χ0n) is 23.2. The molecule has 1 amide bonds. The molecule has 12 nitrogen and oxygen atoms in total. The normalized spacial score (nSPS) is 15.4. The van der Waals surface area contributed by atoms with Crippen molar-refractivity contribution in [2.45, 2.75) is 32.2 Å². The van der Waals surface area contributed by atoms with Crippen LogP contribution in [0.1, 0.15) is 24.8 Å². The Balaban J connectivity index is 1.22. The Kier molecular flexibility index (Phi) is 7.30. The quantitative estimate of drug-likeness (QED) is 0.273. The second kappa shape index (κ2) is 11.4. The molecule has 42 heavy (non-hydrogen) atoms. The molecular formula is C29H29FN10O2. The molecule has 1 aliphatic rings. The fraction of sp³-hybridized carbons (Fsp3) is 0.276. The van der Waals surface area contributed by atoms with E-state index in [2.05, 4.69) is 47.4 Å². The summed E-state index contributed by atoms with van der Waals surface area (Å²) < 4.78 is 23.2. The largest absolute Gasteiger partial charge is 0.457 e. The van der Waals surface area contributed by atoms with Crippen molar-refractivity contribution in [2.75, 3.05) is 23.3 Å². The van der Waals surface area contributed by atoms with Crippen LogP contribution in [0.15, 0.2) is 55.5 Å². The van der Waals surface area contributed by atoms with Gasteiger partial charge in [0.05, 0.1) is 17.4 Å². The number of hydrogen-bond acceptors (Lipinski definition) is 10. The highest BCUT2D eigenvalue weighted by molar-refractivity contribution is 5.88. The van der Waals surface area contributed by atoms with Crippen molar-refractivity contribution >= 4 is 45.4 Å². The van der Waals surface area contributed by atoms with Gasteiger partial charge in [0.25, 0.3) is 0 Å². The molecule has 3 aromatic heterocycles. The summed E-state index contributed by atoms with van der Waals surface area (Å²) in [5, 5.41) is 14.2. The number of amides is 1. The van der Waals surface area contributed by atoms with E-state index in [1.54, 1.807) is 42.1 Å². The van der Waals surface area contributed by atoms with Gasteiger partial charge in [0, 0.05) is 37.8 Å². The first-order valence-corrected chi connectivity index (χ1v) is 13.6. The molecular weight excluding hydrogens is 539 g/mol. The van der Waals surface area contributed by atoms with Crippen LogP contribution in [0.3, 0.4) is 0 Å². The Morgan fingerprint density at radius 1 is 1.14 bits per heavy atom. The highest BCUT2D eigenvalue weighted by atomic mass is 19.1. The van der Waals surface area contributed by atoms with E-state index in [9.17, 15) is 4.79 Å². The van der Waals surface area contributed by atoms with E-state index in [0.717, 1.165) is 31.3 Å². The first-order valence-electron chi connectivity index (χ1n) is 13.6. The lowest BCUT2D eigenvalue weighted by Gasteiger charge is -2.21. The van der Waals surface area contributed by atoms with Crippen LogP contribution < -0.4 is 20.3 Å². The first kappa shape index (κ1) is 27.0. The van der Waals surface area contributed by atoms with Gasteiger partial charge in [-0.25, -0.2) is 29.0 Å². The maximum atomic E-state index is 15.6. The maximum Gasteiger partial charge on any atom is 0.243 e. The molecule has 1 aliphatic heterocycles. The van der Waals surface area contributed by atoms with Gasteiger partial charge in [-0.1, -0.05) is 11.8 Å². The maximum absolute atomic E-state index is 15.6. The summed E-state index contributed by atoms with van der Waals surface area (Å²) in [6, 6.07) is 8.77. The van der Waals surface area contributed by atoms with E-state index in [1.165, 1.54) is 12.4 Å². The van der Waals surface area contributed by atoms with Crippen molar-refractivity contribution in [1.29, 1.82) is 0 Å². The Hall–Kier alpha value is -5.20. The number of halogens is 1. The van der Waals surface area contributed by atoms with Crippen molar-refractivity contribution in [3.63, 3.8) is 0 Å². The van der Waals surface area contributed by atoms with E-state index in [1.807, 2.05) is 13.1 Å². The van der Waals surface area contributed by atoms with Crippen LogP contribution in [0.5, 0.6) is 11.5 Å². The molecule has 0 spiro atoms. The third-order valence-electron chi connectivity index (χ3n) is 7.31. The molecule has 1 saturated heterocycles. The molecule has 5 aromatic rings. The summed E-state index contributed by atoms with van der Waals surface area (Å²) in [7, 11) is 1.81. The fourth-order valence-electron chi connectivity index (χ4n) is 5.00. The molecule has 2 aromatic carbocycles. The summed E-state index contributed by atoms with van der Waals surface area (Å²) in [4.78, 5) is 31.7. The van der Waals surface area contributed by atoms with Gasteiger partial charge in [-0.2, -0.15) is 0 Å². The molecule has 1 atom stereocenters. The van der Waals surface area contributed by atoms with Gasteiger partial charge >= 0.3 is 0 Å². The lowest BCUT2D eigenvalue weighted by molar-refractivity contribution is -0.117. The number of carbonyl (C=O) groups is 1. The van der Waals surface area contributed by atoms with Gasteiger partial charge in [-0.3, -0.25) is 4.79 Å². The van der Waals surface area contributed by atoms with Gasteiger partial charge in [-0.15, -0.1) is 5.10 Å². The third-order valence-corrected chi connectivity index (χ3v) is 7.31. The Morgan fingerprint density at radius 3 is 2.88 bits per heavy atom. The molecule has 0 saturated carbocycles. The number of aromatic nitrogens is 7. The van der Waals surface area contributed by atoms with Crippen molar-refractivity contribution in [2.24, 2.45) is 7.05 Å². The Labute approximate surface area is 240 Å². The van der Waals surface area contributed by atoms with E-state index in [0.29, 0.717) is 51.9 Å². The number of ether oxygens (including phenoxy) is 1. The van der Waals surface area contributed by atoms with Crippen LogP contribution in [-0.2, 0) is 11.8 Å². The number of fused-ring (bicyclic) bond motifs is 2. The van der Waals surface area contributed by atoms with Gasteiger partial charge in [0.1, 0.15) is 34.4 Å². The van der Waals surface area contributed by atoms with E-state index >= 15 is 4.39 Å². The topological polar surface area (TPSA) is 136 Å². The van der Waals surface area contributed by atoms with Crippen molar-refractivity contribution in [3.05, 3.63) is 66.9 Å². The van der Waals surface area contributed by atoms with E-state index < -0.39 is 5.82 Å². The zero-order valence-corrected chi connectivity index (χ0v) is 23.2. The number of benzene rings is 2. The molecule has 1 fully saturated rings. The van der Waals surface area contributed by atoms with Crippen LogP contribution in [0.4, 0.5) is 21.8 Å². The van der Waals surface area contributed by atoms with E-state index in [4.69, 9.17) is 9.72 Å². The zero-order chi connectivity index (χ0) is 29.2. The van der Waals surface area contributed by atoms with Crippen LogP contribution >= 0.6 is 0 Å². The Bertz CT molecular complexity index is 1810. The highest BCUT2D eigenvalue weighted by Gasteiger charge is 2.21. The average molecular weight is 569 g/mol. The molecule has 13 heteroatoms. The second-order valence-electron chi connectivity index (χ2n) is 10.1. The molecule has 0 bridgehead atoms. The fourth-order valence-corrected chi connectivity index (χ4v) is 5.00. The summed E-state index contributed by atoms with van der Waals surface area (Å²) in [5.74, 6) is 1.14. The van der Waals surface area contributed by atoms with E-state index in [-0.39, 0.29) is 17.6 Å². The number of anilines is 3.